The average molecular weight is 259 g/mol. The van der Waals surface area contributed by atoms with Crippen molar-refractivity contribution in [1.82, 2.24) is 5.32 Å². The van der Waals surface area contributed by atoms with E-state index in [-0.39, 0.29) is 12.5 Å². The van der Waals surface area contributed by atoms with E-state index in [1.807, 2.05) is 25.1 Å². The summed E-state index contributed by atoms with van der Waals surface area (Å²) in [6.07, 6.45) is 3.24. The summed E-state index contributed by atoms with van der Waals surface area (Å²) in [4.78, 5) is 12.1. The highest BCUT2D eigenvalue weighted by Gasteiger charge is 2.09. The fourth-order valence-electron chi connectivity index (χ4n) is 1.76. The van der Waals surface area contributed by atoms with Crippen LogP contribution in [0, 0.1) is 18.8 Å². The van der Waals surface area contributed by atoms with Gasteiger partial charge < -0.3 is 10.4 Å². The molecule has 0 radical (unpaired) electrons. The molecule has 0 aliphatic rings. The lowest BCUT2D eigenvalue weighted by atomic mass is 10.0. The van der Waals surface area contributed by atoms with E-state index in [2.05, 4.69) is 24.1 Å². The number of unbranched alkanes of at least 4 members (excludes halogenated alkanes) is 2. The molecule has 0 bridgehead atoms. The Hall–Kier alpha value is -1.79. The number of amides is 1. The van der Waals surface area contributed by atoms with Crippen LogP contribution in [-0.2, 0) is 0 Å². The molecule has 3 heteroatoms. The Balaban J connectivity index is 2.79. The Bertz CT molecular complexity index is 483. The second kappa shape index (κ2) is 8.34. The molecule has 0 heterocycles. The highest BCUT2D eigenvalue weighted by atomic mass is 16.2. The van der Waals surface area contributed by atoms with Gasteiger partial charge in [0.1, 0.15) is 6.61 Å². The van der Waals surface area contributed by atoms with Crippen molar-refractivity contribution in [1.29, 1.82) is 0 Å². The number of carbonyl (C=O) groups is 1. The molecule has 0 unspecified atom stereocenters. The van der Waals surface area contributed by atoms with Crippen molar-refractivity contribution in [2.24, 2.45) is 0 Å². The largest absolute Gasteiger partial charge is 0.384 e. The lowest BCUT2D eigenvalue weighted by Gasteiger charge is -2.07. The minimum atomic E-state index is -0.203. The van der Waals surface area contributed by atoms with Crippen LogP contribution in [0.15, 0.2) is 18.2 Å². The Morgan fingerprint density at radius 1 is 1.37 bits per heavy atom. The van der Waals surface area contributed by atoms with Gasteiger partial charge in [0.2, 0.25) is 0 Å². The molecule has 1 rings (SSSR count). The number of rotatable bonds is 5. The molecule has 3 nitrogen and oxygen atoms in total. The van der Waals surface area contributed by atoms with Gasteiger partial charge in [-0.3, -0.25) is 4.79 Å². The fraction of sp³-hybridized carbons (Fsp3) is 0.438. The summed E-state index contributed by atoms with van der Waals surface area (Å²) in [5.41, 5.74) is 2.26. The van der Waals surface area contributed by atoms with Crippen molar-refractivity contribution in [3.05, 3.63) is 34.9 Å². The summed E-state index contributed by atoms with van der Waals surface area (Å²) < 4.78 is 0. The predicted molar refractivity (Wildman–Crippen MR) is 77.0 cm³/mol. The first-order valence-electron chi connectivity index (χ1n) is 6.67. The molecule has 0 saturated heterocycles. The van der Waals surface area contributed by atoms with Gasteiger partial charge in [0, 0.05) is 12.1 Å². The van der Waals surface area contributed by atoms with Gasteiger partial charge in [-0.2, -0.15) is 0 Å². The molecule has 102 valence electrons. The van der Waals surface area contributed by atoms with Gasteiger partial charge in [-0.15, -0.1) is 0 Å². The highest BCUT2D eigenvalue weighted by molar-refractivity contribution is 5.96. The maximum Gasteiger partial charge on any atom is 0.252 e. The van der Waals surface area contributed by atoms with Gasteiger partial charge in [0.15, 0.2) is 0 Å². The molecular weight excluding hydrogens is 238 g/mol. The standard InChI is InChI=1S/C16H21NO2/c1-3-4-5-10-17-16(19)15-12-13(2)8-9-14(15)7-6-11-18/h8-9,12,18H,3-5,10-11H2,1-2H3,(H,17,19). The van der Waals surface area contributed by atoms with Crippen LogP contribution in [0.4, 0.5) is 0 Å². The first kappa shape index (κ1) is 15.3. The molecule has 0 aromatic heterocycles. The smallest absolute Gasteiger partial charge is 0.252 e. The quantitative estimate of drug-likeness (QED) is 0.629. The molecule has 0 aliphatic heterocycles. The first-order valence-corrected chi connectivity index (χ1v) is 6.67. The van der Waals surface area contributed by atoms with E-state index < -0.39 is 0 Å². The van der Waals surface area contributed by atoms with Crippen molar-refractivity contribution in [3.63, 3.8) is 0 Å². The average Bonchev–Trinajstić information content (AvgIpc) is 2.42. The van der Waals surface area contributed by atoms with Crippen LogP contribution in [0.5, 0.6) is 0 Å². The molecule has 1 amide bonds. The molecule has 0 fully saturated rings. The number of carbonyl (C=O) groups excluding carboxylic acids is 1. The molecule has 2 N–H and O–H groups in total. The summed E-state index contributed by atoms with van der Waals surface area (Å²) in [5.74, 6) is 5.30. The minimum Gasteiger partial charge on any atom is -0.384 e. The molecule has 0 spiro atoms. The monoisotopic (exact) mass is 259 g/mol. The lowest BCUT2D eigenvalue weighted by molar-refractivity contribution is 0.0952. The maximum absolute atomic E-state index is 12.1. The van der Waals surface area contributed by atoms with E-state index >= 15 is 0 Å². The van der Waals surface area contributed by atoms with E-state index in [9.17, 15) is 4.79 Å². The van der Waals surface area contributed by atoms with Crippen LogP contribution in [0.3, 0.4) is 0 Å². The molecule has 19 heavy (non-hydrogen) atoms. The summed E-state index contributed by atoms with van der Waals surface area (Å²) in [5, 5.41) is 11.6. The zero-order valence-corrected chi connectivity index (χ0v) is 11.6. The Labute approximate surface area is 115 Å². The molecule has 0 aliphatic carbocycles. The second-order valence-corrected chi connectivity index (χ2v) is 4.47. The van der Waals surface area contributed by atoms with Gasteiger partial charge in [-0.25, -0.2) is 0 Å². The van der Waals surface area contributed by atoms with Crippen LogP contribution in [0.2, 0.25) is 0 Å². The predicted octanol–water partition coefficient (Wildman–Crippen LogP) is 2.26. The van der Waals surface area contributed by atoms with E-state index in [0.29, 0.717) is 17.7 Å². The van der Waals surface area contributed by atoms with E-state index in [1.54, 1.807) is 0 Å². The van der Waals surface area contributed by atoms with Crippen molar-refractivity contribution in [2.45, 2.75) is 33.1 Å². The first-order chi connectivity index (χ1) is 9.19. The molecule has 0 saturated carbocycles. The van der Waals surface area contributed by atoms with Crippen molar-refractivity contribution in [3.8, 4) is 11.8 Å². The molecule has 1 aromatic rings. The third-order valence-corrected chi connectivity index (χ3v) is 2.79. The lowest BCUT2D eigenvalue weighted by Crippen LogP contribution is -2.25. The normalized spacial score (nSPS) is 9.63. The Morgan fingerprint density at radius 3 is 2.84 bits per heavy atom. The van der Waals surface area contributed by atoms with Crippen LogP contribution in [0.1, 0.15) is 47.7 Å². The number of aliphatic hydroxyl groups excluding tert-OH is 1. The van der Waals surface area contributed by atoms with Crippen LogP contribution in [0.25, 0.3) is 0 Å². The van der Waals surface area contributed by atoms with Crippen molar-refractivity contribution in [2.75, 3.05) is 13.2 Å². The summed E-state index contributed by atoms with van der Waals surface area (Å²) in [7, 11) is 0. The Morgan fingerprint density at radius 2 is 2.16 bits per heavy atom. The summed E-state index contributed by atoms with van der Waals surface area (Å²) in [6.45, 7) is 4.56. The van der Waals surface area contributed by atoms with Crippen LogP contribution in [-0.4, -0.2) is 24.2 Å². The fourth-order valence-corrected chi connectivity index (χ4v) is 1.76. The van der Waals surface area contributed by atoms with Gasteiger partial charge in [0.25, 0.3) is 5.91 Å². The van der Waals surface area contributed by atoms with E-state index in [1.165, 1.54) is 0 Å². The molecule has 0 atom stereocenters. The van der Waals surface area contributed by atoms with Gasteiger partial charge in [0.05, 0.1) is 5.56 Å². The van der Waals surface area contributed by atoms with Crippen molar-refractivity contribution >= 4 is 5.91 Å². The SMILES string of the molecule is CCCCCNC(=O)c1cc(C)ccc1C#CCO. The van der Waals surface area contributed by atoms with Crippen LogP contribution < -0.4 is 5.32 Å². The summed E-state index contributed by atoms with van der Waals surface area (Å²) >= 11 is 0. The van der Waals surface area contributed by atoms with Gasteiger partial charge >= 0.3 is 0 Å². The van der Waals surface area contributed by atoms with Gasteiger partial charge in [-0.05, 0) is 25.5 Å². The zero-order chi connectivity index (χ0) is 14.1. The molecule has 1 aromatic carbocycles. The number of aliphatic hydroxyl groups is 1. The Kier molecular flexibility index (Phi) is 6.70. The molecular formula is C16H21NO2. The third-order valence-electron chi connectivity index (χ3n) is 2.79. The second-order valence-electron chi connectivity index (χ2n) is 4.47. The van der Waals surface area contributed by atoms with E-state index in [4.69, 9.17) is 5.11 Å². The minimum absolute atomic E-state index is 0.0953. The van der Waals surface area contributed by atoms with Crippen molar-refractivity contribution < 1.29 is 9.90 Å². The third kappa shape index (κ3) is 5.15. The van der Waals surface area contributed by atoms with Crippen LogP contribution >= 0.6 is 0 Å². The maximum atomic E-state index is 12.1. The topological polar surface area (TPSA) is 49.3 Å². The number of hydrogen-bond acceptors (Lipinski definition) is 2. The highest BCUT2D eigenvalue weighted by Crippen LogP contribution is 2.11. The van der Waals surface area contributed by atoms with E-state index in [0.717, 1.165) is 24.8 Å². The number of benzene rings is 1. The summed E-state index contributed by atoms with van der Waals surface area (Å²) in [6, 6.07) is 5.56. The number of hydrogen-bond donors (Lipinski definition) is 2. The number of nitrogens with one attached hydrogen (secondary N) is 1. The zero-order valence-electron chi connectivity index (χ0n) is 11.6. The number of aryl methyl sites for hydroxylation is 1. The van der Waals surface area contributed by atoms with Gasteiger partial charge in [-0.1, -0.05) is 43.2 Å².